The van der Waals surface area contributed by atoms with Crippen molar-refractivity contribution in [2.24, 2.45) is 5.73 Å². The highest BCUT2D eigenvalue weighted by molar-refractivity contribution is 5.78. The van der Waals surface area contributed by atoms with Gasteiger partial charge in [-0.25, -0.2) is 4.39 Å². The van der Waals surface area contributed by atoms with E-state index in [2.05, 4.69) is 0 Å². The third-order valence-corrected chi connectivity index (χ3v) is 3.85. The Kier molecular flexibility index (Phi) is 4.73. The second-order valence-corrected chi connectivity index (χ2v) is 5.23. The molecule has 20 heavy (non-hydrogen) atoms. The molecule has 5 heteroatoms. The maximum Gasteiger partial charge on any atom is 0.223 e. The zero-order chi connectivity index (χ0) is 14.7. The number of amides is 1. The lowest BCUT2D eigenvalue weighted by Crippen LogP contribution is -2.50. The van der Waals surface area contributed by atoms with E-state index >= 15 is 0 Å². The molecule has 0 aliphatic carbocycles. The van der Waals surface area contributed by atoms with Crippen LogP contribution in [-0.2, 0) is 9.53 Å². The second kappa shape index (κ2) is 6.33. The van der Waals surface area contributed by atoms with Gasteiger partial charge in [0.1, 0.15) is 5.82 Å². The van der Waals surface area contributed by atoms with Crippen molar-refractivity contribution in [3.8, 4) is 0 Å². The number of hydrogen-bond acceptors (Lipinski definition) is 3. The SMILES string of the molecule is COCCN1C(=O)CCC(N)C1c1cc(F)ccc1C. The number of hydrogen-bond donors (Lipinski definition) is 1. The number of ether oxygens (including phenoxy) is 1. The number of halogens is 1. The minimum Gasteiger partial charge on any atom is -0.383 e. The summed E-state index contributed by atoms with van der Waals surface area (Å²) in [5.41, 5.74) is 7.94. The summed E-state index contributed by atoms with van der Waals surface area (Å²) in [6.45, 7) is 2.84. The van der Waals surface area contributed by atoms with E-state index < -0.39 is 0 Å². The maximum absolute atomic E-state index is 13.5. The number of likely N-dealkylation sites (tertiary alicyclic amines) is 1. The van der Waals surface area contributed by atoms with Gasteiger partial charge in [0, 0.05) is 26.1 Å². The lowest BCUT2D eigenvalue weighted by molar-refractivity contribution is -0.138. The number of nitrogens with two attached hydrogens (primary N) is 1. The van der Waals surface area contributed by atoms with Crippen LogP contribution >= 0.6 is 0 Å². The predicted octanol–water partition coefficient (Wildman–Crippen LogP) is 1.77. The molecule has 0 radical (unpaired) electrons. The van der Waals surface area contributed by atoms with E-state index in [9.17, 15) is 9.18 Å². The molecule has 0 saturated carbocycles. The first-order valence-corrected chi connectivity index (χ1v) is 6.84. The molecule has 1 aliphatic rings. The Labute approximate surface area is 118 Å². The van der Waals surface area contributed by atoms with Gasteiger partial charge in [-0.1, -0.05) is 6.07 Å². The number of carbonyl (C=O) groups excluding carboxylic acids is 1. The van der Waals surface area contributed by atoms with Gasteiger partial charge in [-0.2, -0.15) is 0 Å². The average Bonchev–Trinajstić information content (AvgIpc) is 2.42. The van der Waals surface area contributed by atoms with Gasteiger partial charge in [0.05, 0.1) is 12.6 Å². The van der Waals surface area contributed by atoms with E-state index in [0.29, 0.717) is 26.0 Å². The molecule has 110 valence electrons. The molecule has 2 atom stereocenters. The molecular formula is C15H21FN2O2. The Balaban J connectivity index is 2.36. The number of carbonyl (C=O) groups is 1. The molecule has 1 heterocycles. The summed E-state index contributed by atoms with van der Waals surface area (Å²) in [6, 6.07) is 4.18. The smallest absolute Gasteiger partial charge is 0.223 e. The molecule has 1 aliphatic heterocycles. The molecule has 1 aromatic carbocycles. The average molecular weight is 280 g/mol. The molecule has 0 bridgehead atoms. The fourth-order valence-electron chi connectivity index (χ4n) is 2.76. The first kappa shape index (κ1) is 14.9. The van der Waals surface area contributed by atoms with Gasteiger partial charge in [-0.15, -0.1) is 0 Å². The summed E-state index contributed by atoms with van der Waals surface area (Å²) in [7, 11) is 1.59. The first-order chi connectivity index (χ1) is 9.54. The Hall–Kier alpha value is -1.46. The molecule has 2 unspecified atom stereocenters. The van der Waals surface area contributed by atoms with Crippen LogP contribution in [0.5, 0.6) is 0 Å². The first-order valence-electron chi connectivity index (χ1n) is 6.84. The van der Waals surface area contributed by atoms with Crippen molar-refractivity contribution in [3.63, 3.8) is 0 Å². The number of aryl methyl sites for hydroxylation is 1. The van der Waals surface area contributed by atoms with Gasteiger partial charge in [-0.3, -0.25) is 4.79 Å². The number of rotatable bonds is 4. The quantitative estimate of drug-likeness (QED) is 0.914. The lowest BCUT2D eigenvalue weighted by Gasteiger charge is -2.40. The van der Waals surface area contributed by atoms with Crippen LogP contribution in [0.2, 0.25) is 0 Å². The fraction of sp³-hybridized carbons (Fsp3) is 0.533. The monoisotopic (exact) mass is 280 g/mol. The Morgan fingerprint density at radius 3 is 2.95 bits per heavy atom. The van der Waals surface area contributed by atoms with Crippen molar-refractivity contribution < 1.29 is 13.9 Å². The largest absolute Gasteiger partial charge is 0.383 e. The van der Waals surface area contributed by atoms with Crippen LogP contribution in [-0.4, -0.2) is 37.1 Å². The van der Waals surface area contributed by atoms with Gasteiger partial charge >= 0.3 is 0 Å². The summed E-state index contributed by atoms with van der Waals surface area (Å²) in [6.07, 6.45) is 1.07. The Morgan fingerprint density at radius 2 is 2.25 bits per heavy atom. The fourth-order valence-corrected chi connectivity index (χ4v) is 2.76. The number of piperidine rings is 1. The van der Waals surface area contributed by atoms with Crippen LogP contribution in [0.25, 0.3) is 0 Å². The van der Waals surface area contributed by atoms with Gasteiger partial charge in [-0.05, 0) is 36.6 Å². The van der Waals surface area contributed by atoms with Crippen LogP contribution in [0.4, 0.5) is 4.39 Å². The van der Waals surface area contributed by atoms with E-state index in [1.807, 2.05) is 6.92 Å². The van der Waals surface area contributed by atoms with E-state index in [1.165, 1.54) is 12.1 Å². The molecule has 0 aromatic heterocycles. The van der Waals surface area contributed by atoms with Crippen molar-refractivity contribution in [1.82, 2.24) is 4.90 Å². The van der Waals surface area contributed by atoms with Crippen molar-refractivity contribution >= 4 is 5.91 Å². The minimum absolute atomic E-state index is 0.0532. The zero-order valence-electron chi connectivity index (χ0n) is 11.9. The van der Waals surface area contributed by atoms with E-state index in [0.717, 1.165) is 11.1 Å². The van der Waals surface area contributed by atoms with Crippen LogP contribution in [0.3, 0.4) is 0 Å². The number of nitrogens with zero attached hydrogens (tertiary/aromatic N) is 1. The number of benzene rings is 1. The summed E-state index contributed by atoms with van der Waals surface area (Å²) < 4.78 is 18.6. The second-order valence-electron chi connectivity index (χ2n) is 5.23. The van der Waals surface area contributed by atoms with Crippen molar-refractivity contribution in [2.75, 3.05) is 20.3 Å². The predicted molar refractivity (Wildman–Crippen MR) is 74.7 cm³/mol. The molecule has 2 N–H and O–H groups in total. The van der Waals surface area contributed by atoms with E-state index in [1.54, 1.807) is 18.1 Å². The number of methoxy groups -OCH3 is 1. The summed E-state index contributed by atoms with van der Waals surface area (Å²) >= 11 is 0. The molecule has 1 fully saturated rings. The third-order valence-electron chi connectivity index (χ3n) is 3.85. The van der Waals surface area contributed by atoms with Crippen LogP contribution in [0.1, 0.15) is 30.0 Å². The highest BCUT2D eigenvalue weighted by Crippen LogP contribution is 2.32. The third kappa shape index (κ3) is 2.99. The van der Waals surface area contributed by atoms with Crippen molar-refractivity contribution in [2.45, 2.75) is 31.8 Å². The highest BCUT2D eigenvalue weighted by Gasteiger charge is 2.35. The molecule has 1 aromatic rings. The van der Waals surface area contributed by atoms with E-state index in [4.69, 9.17) is 10.5 Å². The minimum atomic E-state index is -0.303. The summed E-state index contributed by atoms with van der Waals surface area (Å²) in [4.78, 5) is 13.9. The molecule has 1 amide bonds. The zero-order valence-corrected chi connectivity index (χ0v) is 11.9. The molecule has 4 nitrogen and oxygen atoms in total. The van der Waals surface area contributed by atoms with E-state index in [-0.39, 0.29) is 23.8 Å². The molecular weight excluding hydrogens is 259 g/mol. The molecule has 1 saturated heterocycles. The maximum atomic E-state index is 13.5. The normalized spacial score (nSPS) is 23.2. The molecule has 2 rings (SSSR count). The summed E-state index contributed by atoms with van der Waals surface area (Å²) in [5.74, 6) is -0.250. The van der Waals surface area contributed by atoms with Crippen LogP contribution in [0, 0.1) is 12.7 Å². The molecule has 0 spiro atoms. The van der Waals surface area contributed by atoms with Crippen molar-refractivity contribution in [3.05, 3.63) is 35.1 Å². The van der Waals surface area contributed by atoms with Gasteiger partial charge < -0.3 is 15.4 Å². The topological polar surface area (TPSA) is 55.6 Å². The highest BCUT2D eigenvalue weighted by atomic mass is 19.1. The van der Waals surface area contributed by atoms with Gasteiger partial charge in [0.2, 0.25) is 5.91 Å². The van der Waals surface area contributed by atoms with Crippen LogP contribution in [0.15, 0.2) is 18.2 Å². The Bertz CT molecular complexity index is 493. The van der Waals surface area contributed by atoms with Gasteiger partial charge in [0.15, 0.2) is 0 Å². The van der Waals surface area contributed by atoms with Crippen LogP contribution < -0.4 is 5.73 Å². The van der Waals surface area contributed by atoms with Crippen molar-refractivity contribution in [1.29, 1.82) is 0 Å². The standard InChI is InChI=1S/C15H21FN2O2/c1-10-3-4-11(16)9-12(10)15-13(17)5-6-14(19)18(15)7-8-20-2/h3-4,9,13,15H,5-8,17H2,1-2H3. The lowest BCUT2D eigenvalue weighted by atomic mass is 9.88. The van der Waals surface area contributed by atoms with Gasteiger partial charge in [0.25, 0.3) is 0 Å². The Morgan fingerprint density at radius 1 is 1.50 bits per heavy atom. The summed E-state index contributed by atoms with van der Waals surface area (Å²) in [5, 5.41) is 0.